The molecule has 5 nitrogen and oxygen atoms in total. The Hall–Kier alpha value is -1.43. The van der Waals surface area contributed by atoms with Gasteiger partial charge in [-0.15, -0.1) is 5.10 Å². The van der Waals surface area contributed by atoms with Crippen molar-refractivity contribution < 1.29 is 4.74 Å². The summed E-state index contributed by atoms with van der Waals surface area (Å²) in [6.07, 6.45) is 0. The number of ether oxygens (including phenoxy) is 1. The lowest BCUT2D eigenvalue weighted by Crippen LogP contribution is -2.09. The molecule has 0 spiro atoms. The molecule has 0 bridgehead atoms. The van der Waals surface area contributed by atoms with Gasteiger partial charge in [0.2, 0.25) is 0 Å². The molecule has 6 heteroatoms. The van der Waals surface area contributed by atoms with Crippen molar-refractivity contribution in [2.45, 2.75) is 19.7 Å². The van der Waals surface area contributed by atoms with Crippen LogP contribution in [0.4, 0.5) is 0 Å². The van der Waals surface area contributed by atoms with Crippen LogP contribution in [0.1, 0.15) is 17.0 Å². The highest BCUT2D eigenvalue weighted by Crippen LogP contribution is 2.14. The minimum Gasteiger partial charge on any atom is -0.378 e. The second kappa shape index (κ2) is 5.95. The van der Waals surface area contributed by atoms with E-state index in [1.807, 2.05) is 24.3 Å². The summed E-state index contributed by atoms with van der Waals surface area (Å²) >= 11 is 5.95. The highest BCUT2D eigenvalue weighted by Gasteiger charge is 2.11. The largest absolute Gasteiger partial charge is 0.378 e. The van der Waals surface area contributed by atoms with E-state index in [4.69, 9.17) is 22.1 Å². The first kappa shape index (κ1) is 13.0. The molecule has 0 radical (unpaired) electrons. The molecular formula is C12H15ClN4O. The number of benzene rings is 1. The van der Waals surface area contributed by atoms with Crippen LogP contribution in [0.3, 0.4) is 0 Å². The summed E-state index contributed by atoms with van der Waals surface area (Å²) in [7, 11) is 1.64. The lowest BCUT2D eigenvalue weighted by molar-refractivity contribution is 0.176. The number of aromatic nitrogens is 3. The zero-order valence-corrected chi connectivity index (χ0v) is 10.9. The Morgan fingerprint density at radius 1 is 1.44 bits per heavy atom. The van der Waals surface area contributed by atoms with Crippen molar-refractivity contribution in [3.8, 4) is 0 Å². The molecule has 0 aliphatic heterocycles. The Morgan fingerprint density at radius 3 is 2.94 bits per heavy atom. The summed E-state index contributed by atoms with van der Waals surface area (Å²) in [6.45, 7) is 1.40. The smallest absolute Gasteiger partial charge is 0.102 e. The van der Waals surface area contributed by atoms with E-state index >= 15 is 0 Å². The molecule has 0 aliphatic rings. The fourth-order valence-electron chi connectivity index (χ4n) is 1.76. The molecule has 0 atom stereocenters. The number of rotatable bonds is 5. The van der Waals surface area contributed by atoms with Gasteiger partial charge < -0.3 is 10.5 Å². The minimum atomic E-state index is 0.355. The summed E-state index contributed by atoms with van der Waals surface area (Å²) in [4.78, 5) is 0. The van der Waals surface area contributed by atoms with Gasteiger partial charge in [0.05, 0.1) is 18.8 Å². The Balaban J connectivity index is 2.25. The van der Waals surface area contributed by atoms with E-state index in [9.17, 15) is 0 Å². The number of nitrogens with two attached hydrogens (primary N) is 1. The summed E-state index contributed by atoms with van der Waals surface area (Å²) < 4.78 is 6.94. The Morgan fingerprint density at radius 2 is 2.28 bits per heavy atom. The van der Waals surface area contributed by atoms with E-state index in [1.165, 1.54) is 0 Å². The van der Waals surface area contributed by atoms with Gasteiger partial charge in [-0.05, 0) is 17.7 Å². The summed E-state index contributed by atoms with van der Waals surface area (Å²) in [5, 5.41) is 8.85. The number of nitrogens with zero attached hydrogens (tertiary/aromatic N) is 3. The molecule has 96 valence electrons. The molecule has 2 rings (SSSR count). The highest BCUT2D eigenvalue weighted by atomic mass is 35.5. The first-order chi connectivity index (χ1) is 8.74. The van der Waals surface area contributed by atoms with Crippen LogP contribution in [0.5, 0.6) is 0 Å². The van der Waals surface area contributed by atoms with Crippen LogP contribution in [-0.2, 0) is 24.4 Å². The van der Waals surface area contributed by atoms with Gasteiger partial charge >= 0.3 is 0 Å². The number of methoxy groups -OCH3 is 1. The highest BCUT2D eigenvalue weighted by molar-refractivity contribution is 6.30. The third kappa shape index (κ3) is 2.87. The van der Waals surface area contributed by atoms with E-state index in [-0.39, 0.29) is 0 Å². The van der Waals surface area contributed by atoms with Crippen LogP contribution in [0.25, 0.3) is 0 Å². The molecule has 1 aromatic carbocycles. The van der Waals surface area contributed by atoms with Crippen molar-refractivity contribution in [2.24, 2.45) is 5.73 Å². The van der Waals surface area contributed by atoms with Crippen molar-refractivity contribution in [2.75, 3.05) is 7.11 Å². The number of hydrogen-bond donors (Lipinski definition) is 1. The van der Waals surface area contributed by atoms with Crippen LogP contribution in [-0.4, -0.2) is 22.1 Å². The van der Waals surface area contributed by atoms with Crippen LogP contribution in [0.2, 0.25) is 5.02 Å². The quantitative estimate of drug-likeness (QED) is 0.892. The Bertz CT molecular complexity index is 527. The topological polar surface area (TPSA) is 66.0 Å². The maximum Gasteiger partial charge on any atom is 0.102 e. The number of halogens is 1. The molecule has 2 N–H and O–H groups in total. The third-order valence-electron chi connectivity index (χ3n) is 2.61. The van der Waals surface area contributed by atoms with Crippen molar-refractivity contribution >= 4 is 11.6 Å². The first-order valence-electron chi connectivity index (χ1n) is 5.59. The van der Waals surface area contributed by atoms with Crippen molar-refractivity contribution in [3.05, 3.63) is 46.2 Å². The second-order valence-corrected chi connectivity index (χ2v) is 4.34. The lowest BCUT2D eigenvalue weighted by Gasteiger charge is -2.07. The molecule has 0 saturated heterocycles. The lowest BCUT2D eigenvalue weighted by atomic mass is 10.2. The summed E-state index contributed by atoms with van der Waals surface area (Å²) in [5.41, 5.74) is 8.35. The van der Waals surface area contributed by atoms with Gasteiger partial charge in [0.1, 0.15) is 5.69 Å². The minimum absolute atomic E-state index is 0.355. The molecule has 0 amide bonds. The first-order valence-corrected chi connectivity index (χ1v) is 5.97. The van der Waals surface area contributed by atoms with E-state index in [2.05, 4.69) is 10.3 Å². The Kier molecular flexibility index (Phi) is 4.30. The number of hydrogen-bond acceptors (Lipinski definition) is 4. The van der Waals surface area contributed by atoms with E-state index in [1.54, 1.807) is 11.8 Å². The fourth-order valence-corrected chi connectivity index (χ4v) is 1.97. The molecular weight excluding hydrogens is 252 g/mol. The van der Waals surface area contributed by atoms with Gasteiger partial charge in [-0.2, -0.15) is 0 Å². The monoisotopic (exact) mass is 266 g/mol. The summed E-state index contributed by atoms with van der Waals surface area (Å²) in [6, 6.07) is 7.65. The van der Waals surface area contributed by atoms with Gasteiger partial charge in [0, 0.05) is 18.7 Å². The normalized spacial score (nSPS) is 10.8. The summed E-state index contributed by atoms with van der Waals surface area (Å²) in [5.74, 6) is 0. The molecule has 0 saturated carbocycles. The maximum absolute atomic E-state index is 5.95. The maximum atomic E-state index is 5.95. The average molecular weight is 267 g/mol. The van der Waals surface area contributed by atoms with Crippen LogP contribution >= 0.6 is 11.6 Å². The average Bonchev–Trinajstić information content (AvgIpc) is 2.72. The molecule has 1 heterocycles. The molecule has 1 aromatic heterocycles. The van der Waals surface area contributed by atoms with E-state index in [0.29, 0.717) is 24.7 Å². The predicted molar refractivity (Wildman–Crippen MR) is 69.2 cm³/mol. The zero-order valence-electron chi connectivity index (χ0n) is 10.1. The molecule has 0 unspecified atom stereocenters. The van der Waals surface area contributed by atoms with Crippen LogP contribution in [0.15, 0.2) is 24.3 Å². The fraction of sp³-hybridized carbons (Fsp3) is 0.333. The van der Waals surface area contributed by atoms with Gasteiger partial charge in [0.25, 0.3) is 0 Å². The standard InChI is InChI=1S/C12H15ClN4O/c1-18-8-12-11(6-14)15-16-17(12)7-9-3-2-4-10(13)5-9/h2-5H,6-8,14H2,1H3. The van der Waals surface area contributed by atoms with Crippen molar-refractivity contribution in [3.63, 3.8) is 0 Å². The zero-order chi connectivity index (χ0) is 13.0. The van der Waals surface area contributed by atoms with Gasteiger partial charge in [-0.1, -0.05) is 28.9 Å². The van der Waals surface area contributed by atoms with Crippen molar-refractivity contribution in [1.29, 1.82) is 0 Å². The molecule has 0 aliphatic carbocycles. The Labute approximate surface area is 111 Å². The van der Waals surface area contributed by atoms with E-state index in [0.717, 1.165) is 17.0 Å². The second-order valence-electron chi connectivity index (χ2n) is 3.91. The van der Waals surface area contributed by atoms with Gasteiger partial charge in [-0.25, -0.2) is 4.68 Å². The van der Waals surface area contributed by atoms with E-state index < -0.39 is 0 Å². The predicted octanol–water partition coefficient (Wildman–Crippen LogP) is 1.58. The SMILES string of the molecule is COCc1c(CN)nnn1Cc1cccc(Cl)c1. The van der Waals surface area contributed by atoms with Crippen LogP contribution in [0, 0.1) is 0 Å². The van der Waals surface area contributed by atoms with Gasteiger partial charge in [0.15, 0.2) is 0 Å². The third-order valence-corrected chi connectivity index (χ3v) is 2.85. The molecule has 18 heavy (non-hydrogen) atoms. The van der Waals surface area contributed by atoms with Gasteiger partial charge in [-0.3, -0.25) is 0 Å². The van der Waals surface area contributed by atoms with Crippen LogP contribution < -0.4 is 5.73 Å². The molecule has 2 aromatic rings. The molecule has 0 fully saturated rings. The van der Waals surface area contributed by atoms with Crippen molar-refractivity contribution in [1.82, 2.24) is 15.0 Å².